The molecule has 0 spiro atoms. The summed E-state index contributed by atoms with van der Waals surface area (Å²) in [6.07, 6.45) is 17.4. The van der Waals surface area contributed by atoms with Gasteiger partial charge in [0.15, 0.2) is 0 Å². The van der Waals surface area contributed by atoms with Crippen LogP contribution < -0.4 is 0 Å². The van der Waals surface area contributed by atoms with Crippen LogP contribution in [0.4, 0.5) is 0 Å². The molecule has 0 N–H and O–H groups in total. The van der Waals surface area contributed by atoms with Crippen LogP contribution in [0.25, 0.3) is 21.8 Å². The maximum atomic E-state index is 5.34. The standard InChI is InChI=1S/C37H50N2/c1-23(2)8-6-9-24(3)30-15-16-31-29-14-13-28-21-33-27(22-37(28,5)32(29)17-18-36(30,31)4)20-26-12-11-25-10-7-19-38-34(25)35(26)39-33/h7,10-12,19-20,23-24,28-32H,6,8-9,13-18,21-22H2,1-5H3/t24?,28-,29?,30?,31?,32?,36+,37-/m0/s1. The fraction of sp³-hybridized carbons (Fsp3) is 0.676. The van der Waals surface area contributed by atoms with Crippen LogP contribution in [0.2, 0.25) is 0 Å². The Morgan fingerprint density at radius 1 is 0.872 bits per heavy atom. The molecule has 2 heterocycles. The van der Waals surface area contributed by atoms with Crippen molar-refractivity contribution in [3.05, 3.63) is 47.8 Å². The van der Waals surface area contributed by atoms with Crippen molar-refractivity contribution in [2.45, 2.75) is 105 Å². The van der Waals surface area contributed by atoms with Crippen LogP contribution in [0.15, 0.2) is 36.5 Å². The minimum absolute atomic E-state index is 0.433. The highest BCUT2D eigenvalue weighted by atomic mass is 14.8. The number of nitrogens with zero attached hydrogens (tertiary/aromatic N) is 2. The van der Waals surface area contributed by atoms with Crippen LogP contribution in [0, 0.1) is 52.3 Å². The Labute approximate surface area is 236 Å². The molecule has 1 aromatic carbocycles. The summed E-state index contributed by atoms with van der Waals surface area (Å²) < 4.78 is 0. The topological polar surface area (TPSA) is 25.8 Å². The minimum atomic E-state index is 0.433. The van der Waals surface area contributed by atoms with Crippen molar-refractivity contribution in [3.63, 3.8) is 0 Å². The van der Waals surface area contributed by atoms with Gasteiger partial charge in [-0.2, -0.15) is 0 Å². The van der Waals surface area contributed by atoms with E-state index in [1.54, 1.807) is 0 Å². The van der Waals surface area contributed by atoms with Gasteiger partial charge in [0.05, 0.1) is 11.0 Å². The van der Waals surface area contributed by atoms with Crippen molar-refractivity contribution < 1.29 is 0 Å². The lowest BCUT2D eigenvalue weighted by atomic mass is 9.44. The van der Waals surface area contributed by atoms with Gasteiger partial charge in [0, 0.05) is 22.7 Å². The van der Waals surface area contributed by atoms with Crippen molar-refractivity contribution >= 4 is 21.8 Å². The molecule has 0 aliphatic heterocycles. The zero-order chi connectivity index (χ0) is 26.9. The van der Waals surface area contributed by atoms with Crippen molar-refractivity contribution in [1.82, 2.24) is 9.97 Å². The summed E-state index contributed by atoms with van der Waals surface area (Å²) in [5, 5.41) is 2.48. The molecule has 7 rings (SSSR count). The van der Waals surface area contributed by atoms with Crippen molar-refractivity contribution in [1.29, 1.82) is 0 Å². The highest BCUT2D eigenvalue weighted by Gasteiger charge is 2.60. The van der Waals surface area contributed by atoms with E-state index in [2.05, 4.69) is 58.9 Å². The summed E-state index contributed by atoms with van der Waals surface area (Å²) in [5.74, 6) is 6.28. The summed E-state index contributed by atoms with van der Waals surface area (Å²) in [6.45, 7) is 12.8. The zero-order valence-corrected chi connectivity index (χ0v) is 25.2. The van der Waals surface area contributed by atoms with Crippen LogP contribution in [-0.2, 0) is 12.8 Å². The molecule has 208 valence electrons. The lowest BCUT2D eigenvalue weighted by Gasteiger charge is -2.60. The summed E-state index contributed by atoms with van der Waals surface area (Å²) >= 11 is 0. The maximum absolute atomic E-state index is 5.34. The van der Waals surface area contributed by atoms with E-state index in [4.69, 9.17) is 9.97 Å². The summed E-state index contributed by atoms with van der Waals surface area (Å²) in [7, 11) is 0. The van der Waals surface area contributed by atoms with Gasteiger partial charge < -0.3 is 0 Å². The third-order valence-corrected chi connectivity index (χ3v) is 13.0. The van der Waals surface area contributed by atoms with Crippen LogP contribution in [-0.4, -0.2) is 9.97 Å². The van der Waals surface area contributed by atoms with E-state index in [1.807, 2.05) is 12.3 Å². The summed E-state index contributed by atoms with van der Waals surface area (Å²) in [6, 6.07) is 11.2. The number of benzene rings is 1. The molecule has 0 radical (unpaired) electrons. The molecule has 3 aromatic rings. The second kappa shape index (κ2) is 9.56. The Bertz CT molecular complexity index is 1370. The molecule has 0 amide bonds. The Morgan fingerprint density at radius 3 is 2.54 bits per heavy atom. The fourth-order valence-electron chi connectivity index (χ4n) is 11.0. The molecular weight excluding hydrogens is 472 g/mol. The second-order valence-corrected chi connectivity index (χ2v) is 15.4. The van der Waals surface area contributed by atoms with E-state index >= 15 is 0 Å². The highest BCUT2D eigenvalue weighted by Crippen LogP contribution is 2.68. The second-order valence-electron chi connectivity index (χ2n) is 15.4. The molecule has 39 heavy (non-hydrogen) atoms. The van der Waals surface area contributed by atoms with Gasteiger partial charge in [-0.05, 0) is 121 Å². The number of hydrogen-bond acceptors (Lipinski definition) is 2. The van der Waals surface area contributed by atoms with Gasteiger partial charge in [0.1, 0.15) is 0 Å². The van der Waals surface area contributed by atoms with Crippen molar-refractivity contribution in [2.24, 2.45) is 52.3 Å². The van der Waals surface area contributed by atoms with Crippen LogP contribution in [0.5, 0.6) is 0 Å². The van der Waals surface area contributed by atoms with Crippen LogP contribution >= 0.6 is 0 Å². The fourth-order valence-corrected chi connectivity index (χ4v) is 11.0. The number of fused-ring (bicyclic) bond motifs is 9. The molecule has 4 aliphatic carbocycles. The average molecular weight is 523 g/mol. The average Bonchev–Trinajstić information content (AvgIpc) is 3.27. The first kappa shape index (κ1) is 26.0. The Morgan fingerprint density at radius 2 is 1.69 bits per heavy atom. The molecule has 0 bridgehead atoms. The Balaban J connectivity index is 1.15. The number of rotatable bonds is 5. The highest BCUT2D eigenvalue weighted by molar-refractivity contribution is 6.02. The Hall–Kier alpha value is -1.96. The summed E-state index contributed by atoms with van der Waals surface area (Å²) in [4.78, 5) is 10.1. The van der Waals surface area contributed by atoms with E-state index in [9.17, 15) is 0 Å². The van der Waals surface area contributed by atoms with E-state index < -0.39 is 0 Å². The van der Waals surface area contributed by atoms with Gasteiger partial charge in [-0.15, -0.1) is 0 Å². The largest absolute Gasteiger partial charge is 0.254 e. The van der Waals surface area contributed by atoms with Crippen LogP contribution in [0.3, 0.4) is 0 Å². The molecular formula is C37H50N2. The first-order valence-electron chi connectivity index (χ1n) is 16.4. The van der Waals surface area contributed by atoms with Crippen molar-refractivity contribution in [2.75, 3.05) is 0 Å². The number of hydrogen-bond donors (Lipinski definition) is 0. The molecule has 8 atom stereocenters. The lowest BCUT2D eigenvalue weighted by Crippen LogP contribution is -2.54. The minimum Gasteiger partial charge on any atom is -0.254 e. The van der Waals surface area contributed by atoms with E-state index in [0.717, 1.165) is 52.5 Å². The van der Waals surface area contributed by atoms with E-state index in [-0.39, 0.29) is 0 Å². The number of aromatic nitrogens is 2. The van der Waals surface area contributed by atoms with Crippen LogP contribution in [0.1, 0.15) is 104 Å². The van der Waals surface area contributed by atoms with Gasteiger partial charge in [0.25, 0.3) is 0 Å². The smallest absolute Gasteiger partial charge is 0.0968 e. The number of pyridine rings is 2. The predicted octanol–water partition coefficient (Wildman–Crippen LogP) is 9.82. The molecule has 4 aliphatic rings. The van der Waals surface area contributed by atoms with Gasteiger partial charge in [-0.25, -0.2) is 0 Å². The first-order valence-corrected chi connectivity index (χ1v) is 16.4. The molecule has 5 unspecified atom stereocenters. The normalized spacial score (nSPS) is 36.4. The monoisotopic (exact) mass is 522 g/mol. The molecule has 2 nitrogen and oxygen atoms in total. The predicted molar refractivity (Wildman–Crippen MR) is 164 cm³/mol. The first-order chi connectivity index (χ1) is 18.8. The summed E-state index contributed by atoms with van der Waals surface area (Å²) in [5.41, 5.74) is 6.10. The van der Waals surface area contributed by atoms with Crippen molar-refractivity contribution in [3.8, 4) is 0 Å². The molecule has 2 aromatic heterocycles. The van der Waals surface area contributed by atoms with E-state index in [0.29, 0.717) is 10.8 Å². The molecule has 3 saturated carbocycles. The molecule has 0 saturated heterocycles. The van der Waals surface area contributed by atoms with E-state index in [1.165, 1.54) is 92.7 Å². The maximum Gasteiger partial charge on any atom is 0.0968 e. The SMILES string of the molecule is CC(C)CCCC(C)C1CCC2C3CC[C@H]4Cc5nc6c(ccc7cccnc76)cc5C[C@]4(C)C3CC[C@]12C. The molecule has 2 heteroatoms. The molecule has 3 fully saturated rings. The quantitative estimate of drug-likeness (QED) is 0.312. The third kappa shape index (κ3) is 4.09. The van der Waals surface area contributed by atoms with Gasteiger partial charge >= 0.3 is 0 Å². The van der Waals surface area contributed by atoms with Gasteiger partial charge in [-0.1, -0.05) is 72.1 Å². The lowest BCUT2D eigenvalue weighted by molar-refractivity contribution is -0.103. The third-order valence-electron chi connectivity index (χ3n) is 13.0. The van der Waals surface area contributed by atoms with Gasteiger partial charge in [0.2, 0.25) is 0 Å². The zero-order valence-electron chi connectivity index (χ0n) is 25.2. The van der Waals surface area contributed by atoms with Gasteiger partial charge in [-0.3, -0.25) is 9.97 Å². The Kier molecular flexibility index (Phi) is 6.37.